The van der Waals surface area contributed by atoms with Crippen LogP contribution in [-0.2, 0) is 13.6 Å². The van der Waals surface area contributed by atoms with Gasteiger partial charge in [0.25, 0.3) is 5.91 Å². The lowest BCUT2D eigenvalue weighted by molar-refractivity contribution is 0.101. The molecule has 2 aromatic heterocycles. The molecular formula is C16H13F4N5O. The molecule has 6 nitrogen and oxygen atoms in total. The number of carbonyl (C=O) groups is 1. The highest BCUT2D eigenvalue weighted by atomic mass is 19.2. The Labute approximate surface area is 145 Å². The van der Waals surface area contributed by atoms with E-state index in [1.54, 1.807) is 20.0 Å². The van der Waals surface area contributed by atoms with Crippen LogP contribution in [0.1, 0.15) is 21.7 Å². The van der Waals surface area contributed by atoms with Gasteiger partial charge in [0.1, 0.15) is 11.5 Å². The van der Waals surface area contributed by atoms with E-state index in [1.807, 2.05) is 0 Å². The second-order valence-corrected chi connectivity index (χ2v) is 5.62. The molecule has 0 bridgehead atoms. The summed E-state index contributed by atoms with van der Waals surface area (Å²) in [5.74, 6) is -6.66. The Balaban J connectivity index is 1.78. The first kappa shape index (κ1) is 17.6. The molecule has 136 valence electrons. The molecule has 0 aliphatic rings. The van der Waals surface area contributed by atoms with Gasteiger partial charge in [-0.3, -0.25) is 14.2 Å². The van der Waals surface area contributed by atoms with Crippen molar-refractivity contribution in [1.29, 1.82) is 0 Å². The van der Waals surface area contributed by atoms with Crippen molar-refractivity contribution in [2.75, 3.05) is 5.32 Å². The number of halogens is 4. The van der Waals surface area contributed by atoms with Crippen LogP contribution in [0.15, 0.2) is 24.5 Å². The molecule has 1 amide bonds. The Morgan fingerprint density at radius 1 is 1.15 bits per heavy atom. The number of hydrogen-bond donors (Lipinski definition) is 1. The van der Waals surface area contributed by atoms with Crippen molar-refractivity contribution in [1.82, 2.24) is 19.6 Å². The molecule has 2 heterocycles. The predicted molar refractivity (Wildman–Crippen MR) is 83.5 cm³/mol. The first-order valence-corrected chi connectivity index (χ1v) is 7.42. The molecule has 1 N–H and O–H groups in total. The highest BCUT2D eigenvalue weighted by Gasteiger charge is 2.20. The van der Waals surface area contributed by atoms with Gasteiger partial charge >= 0.3 is 0 Å². The van der Waals surface area contributed by atoms with E-state index in [9.17, 15) is 22.4 Å². The molecule has 0 fully saturated rings. The van der Waals surface area contributed by atoms with Crippen LogP contribution in [0.2, 0.25) is 0 Å². The number of nitrogens with zero attached hydrogens (tertiary/aromatic N) is 4. The maximum absolute atomic E-state index is 13.7. The van der Waals surface area contributed by atoms with Crippen molar-refractivity contribution < 1.29 is 22.4 Å². The summed E-state index contributed by atoms with van der Waals surface area (Å²) in [6.07, 6.45) is 2.57. The topological polar surface area (TPSA) is 64.7 Å². The Kier molecular flexibility index (Phi) is 4.49. The normalized spacial score (nSPS) is 11.0. The standard InChI is InChI=1S/C16H13F4N5O/c1-8-3-13(24(2)23-8)16(26)22-9-5-21-25(6-9)7-10-11(17)4-12(18)15(20)14(10)19/h3-6H,7H2,1-2H3,(H,22,26). The summed E-state index contributed by atoms with van der Waals surface area (Å²) >= 11 is 0. The van der Waals surface area contributed by atoms with Crippen molar-refractivity contribution in [3.05, 3.63) is 64.7 Å². The third-order valence-electron chi connectivity index (χ3n) is 3.65. The SMILES string of the molecule is Cc1cc(C(=O)Nc2cnn(Cc3c(F)cc(F)c(F)c3F)c2)n(C)n1. The van der Waals surface area contributed by atoms with E-state index in [1.165, 1.54) is 17.1 Å². The monoisotopic (exact) mass is 367 g/mol. The summed E-state index contributed by atoms with van der Waals surface area (Å²) in [6, 6.07) is 1.86. The molecule has 0 unspecified atom stereocenters. The highest BCUT2D eigenvalue weighted by Crippen LogP contribution is 2.20. The Hall–Kier alpha value is -3.17. The fraction of sp³-hybridized carbons (Fsp3) is 0.188. The van der Waals surface area contributed by atoms with Crippen LogP contribution in [0.3, 0.4) is 0 Å². The predicted octanol–water partition coefficient (Wildman–Crippen LogP) is 2.78. The fourth-order valence-electron chi connectivity index (χ4n) is 2.44. The average molecular weight is 367 g/mol. The summed E-state index contributed by atoms with van der Waals surface area (Å²) in [5, 5.41) is 10.5. The number of aromatic nitrogens is 4. The lowest BCUT2D eigenvalue weighted by Crippen LogP contribution is -2.15. The van der Waals surface area contributed by atoms with Crippen molar-refractivity contribution in [3.8, 4) is 0 Å². The van der Waals surface area contributed by atoms with Crippen molar-refractivity contribution in [2.45, 2.75) is 13.5 Å². The van der Waals surface area contributed by atoms with Gasteiger partial charge in [-0.05, 0) is 13.0 Å². The first-order chi connectivity index (χ1) is 12.3. The molecule has 0 aliphatic carbocycles. The van der Waals surface area contributed by atoms with E-state index in [-0.39, 0.29) is 11.8 Å². The van der Waals surface area contributed by atoms with E-state index in [0.717, 1.165) is 4.68 Å². The van der Waals surface area contributed by atoms with E-state index in [4.69, 9.17) is 0 Å². The maximum Gasteiger partial charge on any atom is 0.274 e. The van der Waals surface area contributed by atoms with Gasteiger partial charge < -0.3 is 5.32 Å². The van der Waals surface area contributed by atoms with Crippen LogP contribution >= 0.6 is 0 Å². The third-order valence-corrected chi connectivity index (χ3v) is 3.65. The van der Waals surface area contributed by atoms with Gasteiger partial charge in [-0.15, -0.1) is 0 Å². The molecule has 26 heavy (non-hydrogen) atoms. The molecule has 0 radical (unpaired) electrons. The van der Waals surface area contributed by atoms with Gasteiger partial charge in [0.15, 0.2) is 17.5 Å². The van der Waals surface area contributed by atoms with E-state index >= 15 is 0 Å². The van der Waals surface area contributed by atoms with Crippen LogP contribution in [0.5, 0.6) is 0 Å². The second-order valence-electron chi connectivity index (χ2n) is 5.62. The number of anilines is 1. The summed E-state index contributed by atoms with van der Waals surface area (Å²) in [5.41, 5.74) is 0.565. The number of carbonyl (C=O) groups excluding carboxylic acids is 1. The van der Waals surface area contributed by atoms with Crippen LogP contribution in [-0.4, -0.2) is 25.5 Å². The smallest absolute Gasteiger partial charge is 0.274 e. The molecule has 0 aliphatic heterocycles. The summed E-state index contributed by atoms with van der Waals surface area (Å²) in [4.78, 5) is 12.2. The van der Waals surface area contributed by atoms with Crippen LogP contribution in [0.25, 0.3) is 0 Å². The summed E-state index contributed by atoms with van der Waals surface area (Å²) < 4.78 is 56.1. The minimum atomic E-state index is -1.76. The van der Waals surface area contributed by atoms with Crippen molar-refractivity contribution in [2.24, 2.45) is 7.05 Å². The molecule has 0 spiro atoms. The Bertz CT molecular complexity index is 995. The second kappa shape index (κ2) is 6.62. The van der Waals surface area contributed by atoms with Crippen LogP contribution in [0, 0.1) is 30.2 Å². The fourth-order valence-corrected chi connectivity index (χ4v) is 2.44. The summed E-state index contributed by atoms with van der Waals surface area (Å²) in [6.45, 7) is 1.26. The molecule has 3 aromatic rings. The van der Waals surface area contributed by atoms with Gasteiger partial charge in [-0.2, -0.15) is 10.2 Å². The zero-order valence-corrected chi connectivity index (χ0v) is 13.7. The Morgan fingerprint density at radius 2 is 1.88 bits per heavy atom. The molecule has 1 aromatic carbocycles. The largest absolute Gasteiger partial charge is 0.318 e. The number of amides is 1. The molecule has 0 atom stereocenters. The summed E-state index contributed by atoms with van der Waals surface area (Å²) in [7, 11) is 1.61. The molecule has 10 heteroatoms. The van der Waals surface area contributed by atoms with Crippen LogP contribution < -0.4 is 5.32 Å². The van der Waals surface area contributed by atoms with E-state index in [2.05, 4.69) is 15.5 Å². The number of hydrogen-bond acceptors (Lipinski definition) is 3. The number of rotatable bonds is 4. The van der Waals surface area contributed by atoms with Crippen LogP contribution in [0.4, 0.5) is 23.2 Å². The molecular weight excluding hydrogens is 354 g/mol. The average Bonchev–Trinajstić information content (AvgIpc) is 3.15. The Morgan fingerprint density at radius 3 is 2.54 bits per heavy atom. The number of benzene rings is 1. The van der Waals surface area contributed by atoms with Gasteiger partial charge in [-0.25, -0.2) is 17.6 Å². The minimum Gasteiger partial charge on any atom is -0.318 e. The third kappa shape index (κ3) is 3.30. The lowest BCUT2D eigenvalue weighted by Gasteiger charge is -2.07. The highest BCUT2D eigenvalue weighted by molar-refractivity contribution is 6.02. The van der Waals surface area contributed by atoms with Gasteiger partial charge in [0.05, 0.1) is 24.1 Å². The van der Waals surface area contributed by atoms with E-state index < -0.39 is 41.3 Å². The maximum atomic E-state index is 13.7. The zero-order valence-electron chi connectivity index (χ0n) is 13.7. The number of aryl methyl sites for hydroxylation is 2. The first-order valence-electron chi connectivity index (χ1n) is 7.42. The minimum absolute atomic E-state index is 0.261. The van der Waals surface area contributed by atoms with Gasteiger partial charge in [0.2, 0.25) is 0 Å². The van der Waals surface area contributed by atoms with Gasteiger partial charge in [-0.1, -0.05) is 0 Å². The van der Waals surface area contributed by atoms with E-state index in [0.29, 0.717) is 11.4 Å². The molecule has 3 rings (SSSR count). The lowest BCUT2D eigenvalue weighted by atomic mass is 10.2. The quantitative estimate of drug-likeness (QED) is 0.438. The molecule has 0 saturated heterocycles. The van der Waals surface area contributed by atoms with Crippen molar-refractivity contribution >= 4 is 11.6 Å². The van der Waals surface area contributed by atoms with Crippen molar-refractivity contribution in [3.63, 3.8) is 0 Å². The number of nitrogens with one attached hydrogen (secondary N) is 1. The molecule has 0 saturated carbocycles. The zero-order chi connectivity index (χ0) is 19.0. The van der Waals surface area contributed by atoms with Gasteiger partial charge in [0, 0.05) is 24.9 Å².